The van der Waals surface area contributed by atoms with E-state index in [1.54, 1.807) is 0 Å². The zero-order valence-electron chi connectivity index (χ0n) is 9.71. The molecule has 0 aromatic heterocycles. The Morgan fingerprint density at radius 2 is 2.12 bits per heavy atom. The number of rotatable bonds is 2. The normalized spacial score (nSPS) is 25.1. The van der Waals surface area contributed by atoms with Gasteiger partial charge in [-0.3, -0.25) is 0 Å². The van der Waals surface area contributed by atoms with E-state index in [4.69, 9.17) is 0 Å². The molecule has 2 rings (SSSR count). The summed E-state index contributed by atoms with van der Waals surface area (Å²) in [6.45, 7) is 5.82. The first-order chi connectivity index (χ1) is 7.61. The Kier molecular flexibility index (Phi) is 3.96. The third-order valence-electron chi connectivity index (χ3n) is 3.26. The van der Waals surface area contributed by atoms with Crippen LogP contribution in [0.2, 0.25) is 0 Å². The predicted octanol–water partition coefficient (Wildman–Crippen LogP) is 4.58. The fourth-order valence-electron chi connectivity index (χ4n) is 2.50. The third-order valence-corrected chi connectivity index (χ3v) is 4.54. The number of nitrogens with zero attached hydrogens (tertiary/aromatic N) is 1. The van der Waals surface area contributed by atoms with Crippen molar-refractivity contribution in [2.75, 3.05) is 11.4 Å². The molecule has 0 amide bonds. The van der Waals surface area contributed by atoms with Crippen molar-refractivity contribution in [1.82, 2.24) is 0 Å². The van der Waals surface area contributed by atoms with Gasteiger partial charge in [-0.2, -0.15) is 0 Å². The first-order valence-corrected chi connectivity index (χ1v) is 7.64. The minimum absolute atomic E-state index is 0.654. The summed E-state index contributed by atoms with van der Waals surface area (Å²) in [6, 6.07) is 7.29. The van der Waals surface area contributed by atoms with Crippen LogP contribution < -0.4 is 4.90 Å². The Hall–Kier alpha value is -0.0200. The average molecular weight is 347 g/mol. The van der Waals surface area contributed by atoms with E-state index >= 15 is 0 Å². The Balaban J connectivity index is 2.27. The largest absolute Gasteiger partial charge is 0.368 e. The monoisotopic (exact) mass is 345 g/mol. The molecule has 2 atom stereocenters. The van der Waals surface area contributed by atoms with Crippen LogP contribution in [0.4, 0.5) is 5.69 Å². The molecule has 0 bridgehead atoms. The second-order valence-corrected chi connectivity index (χ2v) is 6.18. The van der Waals surface area contributed by atoms with Gasteiger partial charge in [0.25, 0.3) is 0 Å². The van der Waals surface area contributed by atoms with Crippen LogP contribution >= 0.6 is 31.9 Å². The molecule has 1 aliphatic rings. The first-order valence-electron chi connectivity index (χ1n) is 5.73. The van der Waals surface area contributed by atoms with E-state index < -0.39 is 0 Å². The molecule has 16 heavy (non-hydrogen) atoms. The summed E-state index contributed by atoms with van der Waals surface area (Å²) in [4.78, 5) is 2.51. The highest BCUT2D eigenvalue weighted by Crippen LogP contribution is 2.34. The van der Waals surface area contributed by atoms with E-state index in [9.17, 15) is 0 Å². The van der Waals surface area contributed by atoms with E-state index in [2.05, 4.69) is 68.8 Å². The molecule has 1 heterocycles. The van der Waals surface area contributed by atoms with Gasteiger partial charge in [-0.25, -0.2) is 0 Å². The Bertz CT molecular complexity index is 378. The molecule has 1 aliphatic heterocycles. The number of halogens is 2. The molecule has 1 saturated heterocycles. The molecule has 1 nitrogen and oxygen atoms in total. The lowest BCUT2D eigenvalue weighted by molar-refractivity contribution is 0.625. The van der Waals surface area contributed by atoms with Crippen molar-refractivity contribution in [2.45, 2.75) is 31.6 Å². The van der Waals surface area contributed by atoms with Gasteiger partial charge < -0.3 is 4.90 Å². The lowest BCUT2D eigenvalue weighted by atomic mass is 10.1. The van der Waals surface area contributed by atoms with Gasteiger partial charge in [0, 0.05) is 22.4 Å². The zero-order chi connectivity index (χ0) is 11.7. The van der Waals surface area contributed by atoms with Crippen LogP contribution in [0.15, 0.2) is 22.7 Å². The van der Waals surface area contributed by atoms with Crippen LogP contribution in [0.1, 0.15) is 25.8 Å². The summed E-state index contributed by atoms with van der Waals surface area (Å²) >= 11 is 7.17. The van der Waals surface area contributed by atoms with Gasteiger partial charge in [0.1, 0.15) is 0 Å². The number of benzene rings is 1. The fourth-order valence-corrected chi connectivity index (χ4v) is 3.50. The van der Waals surface area contributed by atoms with E-state index in [0.29, 0.717) is 6.04 Å². The van der Waals surface area contributed by atoms with Gasteiger partial charge in [0.2, 0.25) is 0 Å². The Morgan fingerprint density at radius 3 is 2.62 bits per heavy atom. The van der Waals surface area contributed by atoms with Gasteiger partial charge >= 0.3 is 0 Å². The van der Waals surface area contributed by atoms with Crippen molar-refractivity contribution in [3.63, 3.8) is 0 Å². The molecule has 0 radical (unpaired) electrons. The number of hydrogen-bond acceptors (Lipinski definition) is 1. The van der Waals surface area contributed by atoms with E-state index in [-0.39, 0.29) is 0 Å². The molecule has 0 spiro atoms. The molecule has 1 fully saturated rings. The first kappa shape index (κ1) is 12.4. The molecule has 3 heteroatoms. The fraction of sp³-hybridized carbons (Fsp3) is 0.538. The summed E-state index contributed by atoms with van der Waals surface area (Å²) < 4.78 is 1.21. The molecule has 88 valence electrons. The molecule has 1 aromatic carbocycles. The number of anilines is 1. The van der Waals surface area contributed by atoms with Gasteiger partial charge in [-0.1, -0.05) is 28.9 Å². The van der Waals surface area contributed by atoms with Crippen LogP contribution in [0, 0.1) is 5.92 Å². The summed E-state index contributed by atoms with van der Waals surface area (Å²) in [5, 5.41) is 0.915. The quantitative estimate of drug-likeness (QED) is 0.708. The zero-order valence-corrected chi connectivity index (χ0v) is 12.9. The lowest BCUT2D eigenvalue weighted by Crippen LogP contribution is -2.26. The van der Waals surface area contributed by atoms with Crippen LogP contribution in [0.25, 0.3) is 0 Å². The molecule has 0 aliphatic carbocycles. The van der Waals surface area contributed by atoms with E-state index in [1.807, 2.05) is 0 Å². The Morgan fingerprint density at radius 1 is 1.38 bits per heavy atom. The van der Waals surface area contributed by atoms with Crippen molar-refractivity contribution < 1.29 is 0 Å². The maximum absolute atomic E-state index is 3.68. The van der Waals surface area contributed by atoms with Gasteiger partial charge in [0.15, 0.2) is 0 Å². The standard InChI is InChI=1S/C13H17Br2N/c1-9-5-10(2)16(8-9)13-4-3-11(7-14)6-12(13)15/h3-4,6,9-10H,5,7-8H2,1-2H3. The number of hydrogen-bond donors (Lipinski definition) is 0. The third kappa shape index (κ3) is 2.45. The van der Waals surface area contributed by atoms with Crippen LogP contribution in [0.5, 0.6) is 0 Å². The summed E-state index contributed by atoms with van der Waals surface area (Å²) in [6.07, 6.45) is 1.30. The molecule has 2 unspecified atom stereocenters. The highest BCUT2D eigenvalue weighted by atomic mass is 79.9. The van der Waals surface area contributed by atoms with Crippen molar-refractivity contribution >= 4 is 37.5 Å². The second kappa shape index (κ2) is 5.09. The molecule has 0 saturated carbocycles. The van der Waals surface area contributed by atoms with Crippen molar-refractivity contribution in [1.29, 1.82) is 0 Å². The number of alkyl halides is 1. The van der Waals surface area contributed by atoms with Gasteiger partial charge in [-0.15, -0.1) is 0 Å². The summed E-state index contributed by atoms with van der Waals surface area (Å²) in [5.74, 6) is 0.803. The van der Waals surface area contributed by atoms with Crippen LogP contribution in [-0.4, -0.2) is 12.6 Å². The van der Waals surface area contributed by atoms with Crippen molar-refractivity contribution in [2.24, 2.45) is 5.92 Å². The summed E-state index contributed by atoms with van der Waals surface area (Å²) in [5.41, 5.74) is 2.65. The van der Waals surface area contributed by atoms with Crippen molar-refractivity contribution in [3.8, 4) is 0 Å². The predicted molar refractivity (Wildman–Crippen MR) is 77.4 cm³/mol. The lowest BCUT2D eigenvalue weighted by Gasteiger charge is -2.25. The van der Waals surface area contributed by atoms with Gasteiger partial charge in [0.05, 0.1) is 5.69 Å². The summed E-state index contributed by atoms with van der Waals surface area (Å²) in [7, 11) is 0. The van der Waals surface area contributed by atoms with E-state index in [1.165, 1.54) is 28.7 Å². The molecule has 0 N–H and O–H groups in total. The topological polar surface area (TPSA) is 3.24 Å². The average Bonchev–Trinajstić information content (AvgIpc) is 2.57. The molecular formula is C13H17Br2N. The van der Waals surface area contributed by atoms with Crippen LogP contribution in [0.3, 0.4) is 0 Å². The highest BCUT2D eigenvalue weighted by molar-refractivity contribution is 9.10. The maximum Gasteiger partial charge on any atom is 0.0513 e. The molecular weight excluding hydrogens is 330 g/mol. The maximum atomic E-state index is 3.68. The second-order valence-electron chi connectivity index (χ2n) is 4.76. The SMILES string of the molecule is CC1CC(C)N(c2ccc(CBr)cc2Br)C1. The van der Waals surface area contributed by atoms with Gasteiger partial charge in [-0.05, 0) is 52.9 Å². The minimum atomic E-state index is 0.654. The van der Waals surface area contributed by atoms with Crippen LogP contribution in [-0.2, 0) is 5.33 Å². The minimum Gasteiger partial charge on any atom is -0.368 e. The van der Waals surface area contributed by atoms with E-state index in [0.717, 1.165) is 11.2 Å². The smallest absolute Gasteiger partial charge is 0.0513 e. The van der Waals surface area contributed by atoms with Crippen molar-refractivity contribution in [3.05, 3.63) is 28.2 Å². The Labute approximate surface area is 114 Å². The molecule has 1 aromatic rings. The highest BCUT2D eigenvalue weighted by Gasteiger charge is 2.27.